The van der Waals surface area contributed by atoms with Crippen molar-refractivity contribution >= 4 is 41.7 Å². The van der Waals surface area contributed by atoms with Crippen LogP contribution in [0.3, 0.4) is 0 Å². The molecule has 1 rings (SSSR count). The van der Waals surface area contributed by atoms with Gasteiger partial charge in [0.1, 0.15) is 15.6 Å². The fourth-order valence-electron chi connectivity index (χ4n) is 1.40. The van der Waals surface area contributed by atoms with Crippen LogP contribution in [0.4, 0.5) is 0 Å². The van der Waals surface area contributed by atoms with E-state index in [0.717, 1.165) is 15.8 Å². The molecule has 0 heterocycles. The van der Waals surface area contributed by atoms with Crippen LogP contribution in [0.1, 0.15) is 18.9 Å². The average molecular weight is 400 g/mol. The lowest BCUT2D eigenvalue weighted by molar-refractivity contribution is 0.315. The summed E-state index contributed by atoms with van der Waals surface area (Å²) in [4.78, 5) is 0. The zero-order valence-electron chi connectivity index (χ0n) is 10.2. The summed E-state index contributed by atoms with van der Waals surface area (Å²) in [6, 6.07) is 5.77. The second-order valence-corrected chi connectivity index (χ2v) is 7.77. The molecule has 18 heavy (non-hydrogen) atoms. The van der Waals surface area contributed by atoms with Crippen LogP contribution in [0.15, 0.2) is 22.7 Å². The van der Waals surface area contributed by atoms with E-state index in [1.165, 1.54) is 0 Å². The van der Waals surface area contributed by atoms with Gasteiger partial charge in [0.05, 0.1) is 12.4 Å². The van der Waals surface area contributed by atoms with Crippen LogP contribution < -0.4 is 4.74 Å². The smallest absolute Gasteiger partial charge is 0.150 e. The molecule has 1 aromatic rings. The van der Waals surface area contributed by atoms with Gasteiger partial charge in [-0.15, -0.1) is 0 Å². The summed E-state index contributed by atoms with van der Waals surface area (Å²) in [6.07, 6.45) is 0.522. The van der Waals surface area contributed by atoms with Gasteiger partial charge in [-0.1, -0.05) is 38.8 Å². The van der Waals surface area contributed by atoms with Crippen molar-refractivity contribution in [2.45, 2.75) is 18.7 Å². The molecule has 0 radical (unpaired) electrons. The topological polar surface area (TPSA) is 43.4 Å². The molecular formula is C12H16Br2O3S. The number of alkyl halides is 1. The molecule has 0 saturated carbocycles. The first kappa shape index (κ1) is 16.0. The maximum Gasteiger partial charge on any atom is 0.150 e. The Bertz CT molecular complexity index is 486. The molecule has 3 nitrogen and oxygen atoms in total. The molecule has 0 aromatic heterocycles. The van der Waals surface area contributed by atoms with Crippen molar-refractivity contribution in [3.05, 3.63) is 28.2 Å². The molecule has 1 aromatic carbocycles. The molecule has 102 valence electrons. The van der Waals surface area contributed by atoms with Crippen LogP contribution in [0.25, 0.3) is 0 Å². The van der Waals surface area contributed by atoms with Gasteiger partial charge < -0.3 is 4.74 Å². The Morgan fingerprint density at radius 3 is 2.67 bits per heavy atom. The molecule has 0 atom stereocenters. The SMILES string of the molecule is CCS(=O)(=O)CCCOc1ccc(Br)cc1CBr. The van der Waals surface area contributed by atoms with E-state index in [0.29, 0.717) is 18.4 Å². The second kappa shape index (κ2) is 7.50. The molecule has 0 unspecified atom stereocenters. The Labute approximate surface area is 125 Å². The fourth-order valence-corrected chi connectivity index (χ4v) is 3.09. The largest absolute Gasteiger partial charge is 0.493 e. The van der Waals surface area contributed by atoms with Gasteiger partial charge in [0.25, 0.3) is 0 Å². The first-order valence-corrected chi connectivity index (χ1v) is 9.39. The van der Waals surface area contributed by atoms with Crippen molar-refractivity contribution in [2.24, 2.45) is 0 Å². The highest BCUT2D eigenvalue weighted by atomic mass is 79.9. The molecule has 0 aliphatic carbocycles. The Hall–Kier alpha value is -0.0700. The number of rotatable bonds is 7. The zero-order valence-corrected chi connectivity index (χ0v) is 14.1. The summed E-state index contributed by atoms with van der Waals surface area (Å²) < 4.78 is 29.2. The zero-order chi connectivity index (χ0) is 13.6. The molecule has 0 saturated heterocycles. The Morgan fingerprint density at radius 2 is 2.06 bits per heavy atom. The van der Waals surface area contributed by atoms with Crippen molar-refractivity contribution < 1.29 is 13.2 Å². The number of sulfone groups is 1. The maximum absolute atomic E-state index is 11.3. The summed E-state index contributed by atoms with van der Waals surface area (Å²) in [5, 5.41) is 0.703. The standard InChI is InChI=1S/C12H16Br2O3S/c1-2-18(15,16)7-3-6-17-12-5-4-11(14)8-10(12)9-13/h4-5,8H,2-3,6-7,9H2,1H3. The van der Waals surface area contributed by atoms with Gasteiger partial charge in [0, 0.05) is 21.1 Å². The number of hydrogen-bond donors (Lipinski definition) is 0. The average Bonchev–Trinajstić information content (AvgIpc) is 2.36. The van der Waals surface area contributed by atoms with Gasteiger partial charge in [-0.3, -0.25) is 0 Å². The predicted octanol–water partition coefficient (Wildman–Crippen LogP) is 3.55. The number of halogens is 2. The summed E-state index contributed by atoms with van der Waals surface area (Å²) in [5.41, 5.74) is 1.04. The molecule has 0 spiro atoms. The summed E-state index contributed by atoms with van der Waals surface area (Å²) >= 11 is 6.80. The monoisotopic (exact) mass is 398 g/mol. The lowest BCUT2D eigenvalue weighted by atomic mass is 10.2. The van der Waals surface area contributed by atoms with Gasteiger partial charge in [-0.05, 0) is 24.6 Å². The molecule has 0 amide bonds. The third-order valence-corrected chi connectivity index (χ3v) is 5.35. The van der Waals surface area contributed by atoms with Crippen LogP contribution in [0.2, 0.25) is 0 Å². The van der Waals surface area contributed by atoms with Crippen LogP contribution in [0, 0.1) is 0 Å². The van der Waals surface area contributed by atoms with E-state index in [1.54, 1.807) is 6.92 Å². The first-order valence-electron chi connectivity index (χ1n) is 5.66. The summed E-state index contributed by atoms with van der Waals surface area (Å²) in [6.45, 7) is 2.08. The lowest BCUT2D eigenvalue weighted by Crippen LogP contribution is -2.12. The minimum Gasteiger partial charge on any atom is -0.493 e. The number of hydrogen-bond acceptors (Lipinski definition) is 3. The first-order chi connectivity index (χ1) is 8.48. The molecule has 6 heteroatoms. The minimum atomic E-state index is -2.89. The molecule has 0 fully saturated rings. The highest BCUT2D eigenvalue weighted by Gasteiger charge is 2.08. The lowest BCUT2D eigenvalue weighted by Gasteiger charge is -2.10. The van der Waals surface area contributed by atoms with E-state index in [2.05, 4.69) is 31.9 Å². The number of ether oxygens (including phenoxy) is 1. The van der Waals surface area contributed by atoms with Gasteiger partial charge in [-0.25, -0.2) is 8.42 Å². The molecule has 0 bridgehead atoms. The minimum absolute atomic E-state index is 0.184. The van der Waals surface area contributed by atoms with Gasteiger partial charge in [-0.2, -0.15) is 0 Å². The maximum atomic E-state index is 11.3. The molecule has 0 aliphatic heterocycles. The Kier molecular flexibility index (Phi) is 6.66. The van der Waals surface area contributed by atoms with Gasteiger partial charge in [0.2, 0.25) is 0 Å². The molecule has 0 N–H and O–H groups in total. The van der Waals surface area contributed by atoms with E-state index in [1.807, 2.05) is 18.2 Å². The third-order valence-electron chi connectivity index (χ3n) is 2.46. The number of benzene rings is 1. The van der Waals surface area contributed by atoms with E-state index in [9.17, 15) is 8.42 Å². The van der Waals surface area contributed by atoms with E-state index in [4.69, 9.17) is 4.74 Å². The van der Waals surface area contributed by atoms with Crippen molar-refractivity contribution in [1.29, 1.82) is 0 Å². The van der Waals surface area contributed by atoms with Gasteiger partial charge in [0.15, 0.2) is 0 Å². The highest BCUT2D eigenvalue weighted by Crippen LogP contribution is 2.25. The Morgan fingerprint density at radius 1 is 1.33 bits per heavy atom. The van der Waals surface area contributed by atoms with E-state index in [-0.39, 0.29) is 11.5 Å². The Balaban J connectivity index is 2.49. The van der Waals surface area contributed by atoms with Crippen molar-refractivity contribution in [3.8, 4) is 5.75 Å². The highest BCUT2D eigenvalue weighted by molar-refractivity contribution is 9.10. The van der Waals surface area contributed by atoms with Crippen LogP contribution in [0.5, 0.6) is 5.75 Å². The van der Waals surface area contributed by atoms with E-state index < -0.39 is 9.84 Å². The van der Waals surface area contributed by atoms with Crippen LogP contribution >= 0.6 is 31.9 Å². The summed E-state index contributed by atoms with van der Waals surface area (Å²) in [5.74, 6) is 1.17. The van der Waals surface area contributed by atoms with Crippen molar-refractivity contribution in [1.82, 2.24) is 0 Å². The molecular weight excluding hydrogens is 384 g/mol. The summed E-state index contributed by atoms with van der Waals surface area (Å²) in [7, 11) is -2.89. The quantitative estimate of drug-likeness (QED) is 0.520. The predicted molar refractivity (Wildman–Crippen MR) is 81.2 cm³/mol. The van der Waals surface area contributed by atoms with Crippen LogP contribution in [-0.2, 0) is 15.2 Å². The van der Waals surface area contributed by atoms with Crippen LogP contribution in [-0.4, -0.2) is 26.5 Å². The van der Waals surface area contributed by atoms with Crippen molar-refractivity contribution in [3.63, 3.8) is 0 Å². The third kappa shape index (κ3) is 5.28. The second-order valence-electron chi connectivity index (χ2n) is 3.82. The van der Waals surface area contributed by atoms with E-state index >= 15 is 0 Å². The molecule has 0 aliphatic rings. The van der Waals surface area contributed by atoms with Gasteiger partial charge >= 0.3 is 0 Å². The van der Waals surface area contributed by atoms with Crippen molar-refractivity contribution in [2.75, 3.05) is 18.1 Å². The normalized spacial score (nSPS) is 11.5. The fraction of sp³-hybridized carbons (Fsp3) is 0.500.